The molecule has 1 heterocycles. The Hall–Kier alpha value is -5.84. The van der Waals surface area contributed by atoms with E-state index in [2.05, 4.69) is 16.0 Å². The summed E-state index contributed by atoms with van der Waals surface area (Å²) in [6.07, 6.45) is 1.30. The molecular formula is C40H31FN4O3S2. The van der Waals surface area contributed by atoms with E-state index in [1.807, 2.05) is 73.7 Å². The van der Waals surface area contributed by atoms with Gasteiger partial charge in [-0.15, -0.1) is 23.1 Å². The molecule has 0 aliphatic rings. The number of amides is 3. The lowest BCUT2D eigenvalue weighted by Gasteiger charge is -2.17. The molecular weight excluding hydrogens is 668 g/mol. The molecule has 0 aliphatic heterocycles. The van der Waals surface area contributed by atoms with E-state index in [1.54, 1.807) is 60.7 Å². The zero-order valence-corrected chi connectivity index (χ0v) is 28.4. The lowest BCUT2D eigenvalue weighted by molar-refractivity contribution is -0.116. The minimum absolute atomic E-state index is 0.137. The molecule has 3 amide bonds. The van der Waals surface area contributed by atoms with Crippen LogP contribution in [-0.2, 0) is 9.59 Å². The van der Waals surface area contributed by atoms with Gasteiger partial charge < -0.3 is 16.0 Å². The molecule has 1 unspecified atom stereocenters. The van der Waals surface area contributed by atoms with Crippen LogP contribution in [0.2, 0.25) is 0 Å². The molecule has 0 saturated heterocycles. The second-order valence-corrected chi connectivity index (χ2v) is 13.5. The van der Waals surface area contributed by atoms with Crippen molar-refractivity contribution < 1.29 is 18.8 Å². The predicted molar refractivity (Wildman–Crippen MR) is 199 cm³/mol. The standard InChI is InChI=1S/C40H31FN4O3S2/c1-26-35(27-14-5-2-6-15-27)44-40(49-26)45-39(48)36(28-16-7-3-8-17-28)50-32-22-13-21-31(25-32)42-38(47)34(24-30-20-11-12-23-33(30)41)43-37(46)29-18-9-4-10-19-29/h2-25,36H,1H3,(H,42,47)(H,43,46)(H,44,45,48)/b34-24-. The summed E-state index contributed by atoms with van der Waals surface area (Å²) in [5, 5.41) is 8.32. The average molecular weight is 699 g/mol. The molecule has 0 aliphatic carbocycles. The highest BCUT2D eigenvalue weighted by atomic mass is 32.2. The number of rotatable bonds is 11. The molecule has 0 saturated carbocycles. The number of hydrogen-bond donors (Lipinski definition) is 3. The van der Waals surface area contributed by atoms with E-state index >= 15 is 0 Å². The van der Waals surface area contributed by atoms with Gasteiger partial charge in [0.1, 0.15) is 16.8 Å². The third-order valence-electron chi connectivity index (χ3n) is 7.49. The first-order valence-electron chi connectivity index (χ1n) is 15.6. The summed E-state index contributed by atoms with van der Waals surface area (Å²) in [5.41, 5.74) is 3.34. The van der Waals surface area contributed by atoms with Crippen LogP contribution in [0.15, 0.2) is 150 Å². The molecule has 6 aromatic rings. The number of thiazole rings is 1. The maximum absolute atomic E-state index is 14.6. The molecule has 50 heavy (non-hydrogen) atoms. The lowest BCUT2D eigenvalue weighted by Crippen LogP contribution is -2.30. The van der Waals surface area contributed by atoms with Crippen LogP contribution in [0.25, 0.3) is 17.3 Å². The van der Waals surface area contributed by atoms with Crippen LogP contribution in [-0.4, -0.2) is 22.7 Å². The number of halogens is 1. The lowest BCUT2D eigenvalue weighted by atomic mass is 10.1. The van der Waals surface area contributed by atoms with Gasteiger partial charge in [-0.25, -0.2) is 9.37 Å². The van der Waals surface area contributed by atoms with E-state index in [0.717, 1.165) is 21.7 Å². The molecule has 5 aromatic carbocycles. The number of nitrogens with zero attached hydrogens (tertiary/aromatic N) is 1. The summed E-state index contributed by atoms with van der Waals surface area (Å²) in [6, 6.07) is 40.7. The number of nitrogens with one attached hydrogen (secondary N) is 3. The van der Waals surface area contributed by atoms with Crippen molar-refractivity contribution in [2.24, 2.45) is 0 Å². The van der Waals surface area contributed by atoms with Gasteiger partial charge in [-0.05, 0) is 55.0 Å². The quantitative estimate of drug-likeness (QED) is 0.0926. The summed E-state index contributed by atoms with van der Waals surface area (Å²) in [5.74, 6) is -1.96. The fourth-order valence-electron chi connectivity index (χ4n) is 5.06. The van der Waals surface area contributed by atoms with Crippen LogP contribution in [0, 0.1) is 12.7 Å². The zero-order chi connectivity index (χ0) is 34.9. The van der Waals surface area contributed by atoms with Crippen molar-refractivity contribution in [3.8, 4) is 11.3 Å². The van der Waals surface area contributed by atoms with Gasteiger partial charge in [0, 0.05) is 32.2 Å². The van der Waals surface area contributed by atoms with Gasteiger partial charge in [0.15, 0.2) is 5.13 Å². The Balaban J connectivity index is 1.22. The van der Waals surface area contributed by atoms with Gasteiger partial charge in [-0.2, -0.15) is 0 Å². The number of thioether (sulfide) groups is 1. The van der Waals surface area contributed by atoms with Gasteiger partial charge in [0.2, 0.25) is 5.91 Å². The van der Waals surface area contributed by atoms with Crippen molar-refractivity contribution in [3.05, 3.63) is 173 Å². The molecule has 1 atom stereocenters. The predicted octanol–water partition coefficient (Wildman–Crippen LogP) is 9.14. The summed E-state index contributed by atoms with van der Waals surface area (Å²) in [6.45, 7) is 1.98. The highest BCUT2D eigenvalue weighted by Gasteiger charge is 2.24. The smallest absolute Gasteiger partial charge is 0.272 e. The van der Waals surface area contributed by atoms with Crippen molar-refractivity contribution in [1.29, 1.82) is 0 Å². The van der Waals surface area contributed by atoms with E-state index in [9.17, 15) is 18.8 Å². The minimum Gasteiger partial charge on any atom is -0.321 e. The van der Waals surface area contributed by atoms with Gasteiger partial charge in [-0.1, -0.05) is 103 Å². The molecule has 7 nitrogen and oxygen atoms in total. The van der Waals surface area contributed by atoms with Crippen LogP contribution >= 0.6 is 23.1 Å². The van der Waals surface area contributed by atoms with Crippen molar-refractivity contribution >= 4 is 57.7 Å². The van der Waals surface area contributed by atoms with Gasteiger partial charge in [0.25, 0.3) is 11.8 Å². The molecule has 0 radical (unpaired) electrons. The van der Waals surface area contributed by atoms with Crippen LogP contribution < -0.4 is 16.0 Å². The van der Waals surface area contributed by atoms with Crippen LogP contribution in [0.3, 0.4) is 0 Å². The number of benzene rings is 5. The zero-order valence-electron chi connectivity index (χ0n) is 26.8. The summed E-state index contributed by atoms with van der Waals surface area (Å²) in [4.78, 5) is 46.9. The Morgan fingerprint density at radius 1 is 0.780 bits per heavy atom. The summed E-state index contributed by atoms with van der Waals surface area (Å²) >= 11 is 2.73. The maximum atomic E-state index is 14.6. The van der Waals surface area contributed by atoms with Crippen molar-refractivity contribution in [1.82, 2.24) is 10.3 Å². The van der Waals surface area contributed by atoms with E-state index in [-0.39, 0.29) is 17.2 Å². The SMILES string of the molecule is Cc1sc(NC(=O)C(Sc2cccc(NC(=O)/C(=C/c3ccccc3F)NC(=O)c3ccccc3)c2)c2ccccc2)nc1-c1ccccc1. The Morgan fingerprint density at radius 2 is 1.44 bits per heavy atom. The topological polar surface area (TPSA) is 100 Å². The molecule has 0 spiro atoms. The number of aromatic nitrogens is 1. The van der Waals surface area contributed by atoms with Crippen LogP contribution in [0.1, 0.15) is 31.6 Å². The fraction of sp³-hybridized carbons (Fsp3) is 0.0500. The van der Waals surface area contributed by atoms with Gasteiger partial charge >= 0.3 is 0 Å². The maximum Gasteiger partial charge on any atom is 0.272 e. The Kier molecular flexibility index (Phi) is 10.9. The van der Waals surface area contributed by atoms with E-state index in [4.69, 9.17) is 4.98 Å². The molecule has 6 rings (SSSR count). The molecule has 0 bridgehead atoms. The first-order valence-corrected chi connectivity index (χ1v) is 17.3. The van der Waals surface area contributed by atoms with Gasteiger partial charge in [-0.3, -0.25) is 14.4 Å². The van der Waals surface area contributed by atoms with Crippen molar-refractivity contribution in [2.45, 2.75) is 17.1 Å². The number of carbonyl (C=O) groups excluding carboxylic acids is 3. The molecule has 10 heteroatoms. The van der Waals surface area contributed by atoms with E-state index < -0.39 is 22.9 Å². The van der Waals surface area contributed by atoms with Crippen molar-refractivity contribution in [2.75, 3.05) is 10.6 Å². The summed E-state index contributed by atoms with van der Waals surface area (Å²) in [7, 11) is 0. The Labute approximate surface area is 297 Å². The Morgan fingerprint density at radius 3 is 2.16 bits per heavy atom. The van der Waals surface area contributed by atoms with Gasteiger partial charge in [0.05, 0.1) is 5.69 Å². The van der Waals surface area contributed by atoms with Crippen LogP contribution in [0.5, 0.6) is 0 Å². The fourth-order valence-corrected chi connectivity index (χ4v) is 6.98. The number of hydrogen-bond acceptors (Lipinski definition) is 6. The second kappa shape index (κ2) is 16.0. The average Bonchev–Trinajstić information content (AvgIpc) is 3.51. The molecule has 1 aromatic heterocycles. The second-order valence-electron chi connectivity index (χ2n) is 11.1. The number of aryl methyl sites for hydroxylation is 1. The first kappa shape index (κ1) is 34.0. The highest BCUT2D eigenvalue weighted by Crippen LogP contribution is 2.38. The normalized spacial score (nSPS) is 11.8. The molecule has 0 fully saturated rings. The largest absolute Gasteiger partial charge is 0.321 e. The molecule has 248 valence electrons. The summed E-state index contributed by atoms with van der Waals surface area (Å²) < 4.78 is 14.6. The third kappa shape index (κ3) is 8.59. The first-order chi connectivity index (χ1) is 24.3. The monoisotopic (exact) mass is 698 g/mol. The minimum atomic E-state index is -0.648. The highest BCUT2D eigenvalue weighted by molar-refractivity contribution is 8.00. The number of anilines is 2. The van der Waals surface area contributed by atoms with Crippen molar-refractivity contribution in [3.63, 3.8) is 0 Å². The van der Waals surface area contributed by atoms with Crippen LogP contribution in [0.4, 0.5) is 15.2 Å². The third-order valence-corrected chi connectivity index (χ3v) is 9.63. The number of carbonyl (C=O) groups is 3. The Bertz CT molecular complexity index is 2160. The van der Waals surface area contributed by atoms with E-state index in [1.165, 1.54) is 41.3 Å². The molecule has 3 N–H and O–H groups in total. The van der Waals surface area contributed by atoms with E-state index in [0.29, 0.717) is 21.3 Å².